The van der Waals surface area contributed by atoms with Crippen LogP contribution < -0.4 is 15.5 Å². The predicted octanol–water partition coefficient (Wildman–Crippen LogP) is 3.81. The molecular weight excluding hydrogens is 392 g/mol. The van der Waals surface area contributed by atoms with E-state index in [-0.39, 0.29) is 29.6 Å². The molecule has 2 N–H and O–H groups in total. The van der Waals surface area contributed by atoms with Crippen molar-refractivity contribution in [3.8, 4) is 0 Å². The number of likely N-dealkylation sites (N-methyl/N-ethyl adjacent to an activating group) is 1. The van der Waals surface area contributed by atoms with E-state index in [9.17, 15) is 10.1 Å². The fourth-order valence-electron chi connectivity index (χ4n) is 3.67. The summed E-state index contributed by atoms with van der Waals surface area (Å²) in [7, 11) is 1.95. The van der Waals surface area contributed by atoms with E-state index in [1.807, 2.05) is 37.4 Å². The summed E-state index contributed by atoms with van der Waals surface area (Å²) in [5, 5.41) is 17.7. The molecule has 1 aliphatic carbocycles. The first-order valence-corrected chi connectivity index (χ1v) is 10.1. The van der Waals surface area contributed by atoms with Crippen LogP contribution in [0, 0.1) is 21.7 Å². The van der Waals surface area contributed by atoms with E-state index in [0.29, 0.717) is 26.2 Å². The fourth-order valence-corrected chi connectivity index (χ4v) is 3.67. The third-order valence-electron chi connectivity index (χ3n) is 5.57. The minimum Gasteiger partial charge on any atom is -0.374 e. The molecule has 1 saturated heterocycles. The Hall–Kier alpha value is -2.94. The van der Waals surface area contributed by atoms with Gasteiger partial charge in [-0.15, -0.1) is 0 Å². The number of nitrogens with one attached hydrogen (secondary N) is 2. The highest BCUT2D eigenvalue weighted by molar-refractivity contribution is 5.84. The van der Waals surface area contributed by atoms with E-state index >= 15 is 8.78 Å². The minimum absolute atomic E-state index is 0.0222. The molecule has 0 spiro atoms. The average molecular weight is 417 g/mol. The minimum atomic E-state index is -0.916. The summed E-state index contributed by atoms with van der Waals surface area (Å²) in [5.41, 5.74) is -0.442. The van der Waals surface area contributed by atoms with Crippen molar-refractivity contribution in [2.75, 3.05) is 48.8 Å². The maximum Gasteiger partial charge on any atom is 0.321 e. The van der Waals surface area contributed by atoms with Crippen LogP contribution in [-0.2, 0) is 6.54 Å². The van der Waals surface area contributed by atoms with Gasteiger partial charge in [-0.05, 0) is 25.5 Å². The molecule has 0 radical (unpaired) electrons. The van der Waals surface area contributed by atoms with Crippen molar-refractivity contribution >= 4 is 22.7 Å². The maximum absolute atomic E-state index is 15.6. The summed E-state index contributed by atoms with van der Waals surface area (Å²) in [5.74, 6) is -1.80. The van der Waals surface area contributed by atoms with Gasteiger partial charge < -0.3 is 20.4 Å². The molecule has 0 bridgehead atoms. The Morgan fingerprint density at radius 3 is 2.30 bits per heavy atom. The lowest BCUT2D eigenvalue weighted by Gasteiger charge is -2.35. The highest BCUT2D eigenvalue weighted by Crippen LogP contribution is 2.45. The third-order valence-corrected chi connectivity index (χ3v) is 5.57. The van der Waals surface area contributed by atoms with Crippen molar-refractivity contribution in [3.05, 3.63) is 57.6 Å². The zero-order valence-corrected chi connectivity index (χ0v) is 16.8. The summed E-state index contributed by atoms with van der Waals surface area (Å²) < 4.78 is 31.1. The van der Waals surface area contributed by atoms with Crippen molar-refractivity contribution in [1.29, 1.82) is 0 Å². The van der Waals surface area contributed by atoms with Crippen molar-refractivity contribution in [2.45, 2.75) is 25.4 Å². The summed E-state index contributed by atoms with van der Waals surface area (Å²) in [6.07, 6.45) is 1.62. The molecule has 2 aromatic rings. The lowest BCUT2D eigenvalue weighted by Crippen LogP contribution is -2.45. The first-order valence-electron chi connectivity index (χ1n) is 10.1. The Morgan fingerprint density at radius 2 is 1.70 bits per heavy atom. The monoisotopic (exact) mass is 417 g/mol. The van der Waals surface area contributed by atoms with E-state index in [1.165, 1.54) is 0 Å². The smallest absolute Gasteiger partial charge is 0.321 e. The Kier molecular flexibility index (Phi) is 5.72. The molecule has 160 valence electrons. The lowest BCUT2D eigenvalue weighted by molar-refractivity contribution is -0.383. The SMILES string of the molecule is CN1CCN(c2c(F)c(NCc3ccccc3)c([N+](=O)[O-])c(NC3CC3)c2F)CC1. The van der Waals surface area contributed by atoms with Gasteiger partial charge in [0.25, 0.3) is 0 Å². The quantitative estimate of drug-likeness (QED) is 0.527. The lowest BCUT2D eigenvalue weighted by atomic mass is 10.1. The van der Waals surface area contributed by atoms with Gasteiger partial charge in [0.1, 0.15) is 5.69 Å². The van der Waals surface area contributed by atoms with Gasteiger partial charge in [0.2, 0.25) is 0 Å². The Balaban J connectivity index is 1.78. The molecule has 7 nitrogen and oxygen atoms in total. The van der Waals surface area contributed by atoms with Crippen molar-refractivity contribution < 1.29 is 13.7 Å². The molecule has 0 aromatic heterocycles. The van der Waals surface area contributed by atoms with Crippen LogP contribution in [0.2, 0.25) is 0 Å². The van der Waals surface area contributed by atoms with Crippen molar-refractivity contribution in [3.63, 3.8) is 0 Å². The predicted molar refractivity (Wildman–Crippen MR) is 113 cm³/mol. The van der Waals surface area contributed by atoms with Crippen LogP contribution in [0.5, 0.6) is 0 Å². The zero-order chi connectivity index (χ0) is 21.3. The van der Waals surface area contributed by atoms with Gasteiger partial charge in [-0.25, -0.2) is 8.78 Å². The molecular formula is C21H25F2N5O2. The van der Waals surface area contributed by atoms with Gasteiger partial charge in [-0.1, -0.05) is 30.3 Å². The summed E-state index contributed by atoms with van der Waals surface area (Å²) >= 11 is 0. The number of halogens is 2. The first-order chi connectivity index (χ1) is 14.5. The first kappa shape index (κ1) is 20.3. The molecule has 1 heterocycles. The largest absolute Gasteiger partial charge is 0.374 e. The molecule has 0 unspecified atom stereocenters. The van der Waals surface area contributed by atoms with Gasteiger partial charge in [0, 0.05) is 38.8 Å². The van der Waals surface area contributed by atoms with Gasteiger partial charge in [-0.3, -0.25) is 10.1 Å². The van der Waals surface area contributed by atoms with Crippen LogP contribution in [0.3, 0.4) is 0 Å². The van der Waals surface area contributed by atoms with Crippen LogP contribution >= 0.6 is 0 Å². The molecule has 2 fully saturated rings. The third kappa shape index (κ3) is 4.16. The number of piperazine rings is 1. The van der Waals surface area contributed by atoms with Crippen LogP contribution in [-0.4, -0.2) is 49.1 Å². The standard InChI is InChI=1S/C21H25F2N5O2/c1-26-9-11-27(12-10-26)20-16(22)18(24-13-14-5-3-2-4-6-14)21(28(29)30)19(17(20)23)25-15-7-8-15/h2-6,15,24-25H,7-13H2,1H3. The molecule has 0 atom stereocenters. The number of hydrogen-bond acceptors (Lipinski definition) is 6. The molecule has 9 heteroatoms. The second-order valence-corrected chi connectivity index (χ2v) is 7.88. The van der Waals surface area contributed by atoms with E-state index in [1.54, 1.807) is 4.90 Å². The van der Waals surface area contributed by atoms with Crippen LogP contribution in [0.4, 0.5) is 31.5 Å². The normalized spacial score (nSPS) is 17.1. The van der Waals surface area contributed by atoms with Gasteiger partial charge >= 0.3 is 5.69 Å². The van der Waals surface area contributed by atoms with Gasteiger partial charge in [-0.2, -0.15) is 0 Å². The van der Waals surface area contributed by atoms with E-state index < -0.39 is 22.2 Å². The number of benzene rings is 2. The van der Waals surface area contributed by atoms with Crippen molar-refractivity contribution in [1.82, 2.24) is 4.90 Å². The second kappa shape index (κ2) is 8.43. The van der Waals surface area contributed by atoms with Crippen molar-refractivity contribution in [2.24, 2.45) is 0 Å². The Labute approximate surface area is 173 Å². The van der Waals surface area contributed by atoms with Crippen LogP contribution in [0.25, 0.3) is 0 Å². The summed E-state index contributed by atoms with van der Waals surface area (Å²) in [6, 6.07) is 9.18. The Morgan fingerprint density at radius 1 is 1.07 bits per heavy atom. The number of nitrogens with zero attached hydrogens (tertiary/aromatic N) is 3. The molecule has 0 amide bonds. The molecule has 30 heavy (non-hydrogen) atoms. The molecule has 2 aliphatic rings. The number of anilines is 3. The fraction of sp³-hybridized carbons (Fsp3) is 0.429. The highest BCUT2D eigenvalue weighted by atomic mass is 19.1. The molecule has 2 aromatic carbocycles. The van der Waals surface area contributed by atoms with E-state index in [2.05, 4.69) is 15.5 Å². The highest BCUT2D eigenvalue weighted by Gasteiger charge is 2.37. The second-order valence-electron chi connectivity index (χ2n) is 7.88. The number of hydrogen-bond donors (Lipinski definition) is 2. The maximum atomic E-state index is 15.6. The molecule has 4 rings (SSSR count). The summed E-state index contributed by atoms with van der Waals surface area (Å²) in [6.45, 7) is 2.41. The number of rotatable bonds is 7. The van der Waals surface area contributed by atoms with Crippen LogP contribution in [0.1, 0.15) is 18.4 Å². The number of nitro groups is 1. The van der Waals surface area contributed by atoms with Gasteiger partial charge in [0.15, 0.2) is 23.0 Å². The van der Waals surface area contributed by atoms with Crippen LogP contribution in [0.15, 0.2) is 30.3 Å². The Bertz CT molecular complexity index is 929. The topological polar surface area (TPSA) is 73.7 Å². The average Bonchev–Trinajstić information content (AvgIpc) is 3.55. The molecule has 1 saturated carbocycles. The summed E-state index contributed by atoms with van der Waals surface area (Å²) in [4.78, 5) is 14.9. The van der Waals surface area contributed by atoms with E-state index in [0.717, 1.165) is 18.4 Å². The number of nitro benzene ring substituents is 1. The molecule has 1 aliphatic heterocycles. The zero-order valence-electron chi connectivity index (χ0n) is 16.8. The van der Waals surface area contributed by atoms with Gasteiger partial charge in [0.05, 0.1) is 4.92 Å². The van der Waals surface area contributed by atoms with E-state index in [4.69, 9.17) is 0 Å².